The molecule has 0 bridgehead atoms. The van der Waals surface area contributed by atoms with E-state index in [1.807, 2.05) is 10.7 Å². The fourth-order valence-corrected chi connectivity index (χ4v) is 0.866. The van der Waals surface area contributed by atoms with Crippen molar-refractivity contribution in [2.45, 2.75) is 6.43 Å². The number of hydrogen-bond donors (Lipinski definition) is 3. The molecule has 0 aliphatic rings. The quantitative estimate of drug-likeness (QED) is 0.410. The molecule has 0 fully saturated rings. The first-order chi connectivity index (χ1) is 7.04. The number of hydrogen-bond acceptors (Lipinski definition) is 4. The van der Waals surface area contributed by atoms with Crippen LogP contribution in [0, 0.1) is 11.6 Å². The number of alkyl halides is 2. The molecule has 15 heavy (non-hydrogen) atoms. The maximum atomic E-state index is 12.9. The topological polar surface area (TPSA) is 63.0 Å². The molecule has 1 heterocycles. The second-order valence-corrected chi connectivity index (χ2v) is 2.57. The average Bonchev–Trinajstić information content (AvgIpc) is 2.16. The molecule has 8 heteroatoms. The lowest BCUT2D eigenvalue weighted by Gasteiger charge is -2.08. The Bertz CT molecular complexity index is 344. The number of nitrogen functional groups attached to an aromatic ring is 1. The Kier molecular flexibility index (Phi) is 3.67. The van der Waals surface area contributed by atoms with Crippen LogP contribution in [0.15, 0.2) is 6.07 Å². The smallest absolute Gasteiger partial charge is 0.255 e. The highest BCUT2D eigenvalue weighted by molar-refractivity contribution is 5.46. The first kappa shape index (κ1) is 11.5. The van der Waals surface area contributed by atoms with E-state index in [0.29, 0.717) is 6.07 Å². The van der Waals surface area contributed by atoms with E-state index in [-0.39, 0.29) is 0 Å². The Balaban J connectivity index is 2.87. The second kappa shape index (κ2) is 4.78. The standard InChI is InChI=1S/C7H8F4N4/c8-3-1-4(9)7(15-12)14-6(3)13-2-5(10)11/h1,5H,2,12H2,(H2,13,14,15). The zero-order chi connectivity index (χ0) is 11.4. The Morgan fingerprint density at radius 1 is 1.27 bits per heavy atom. The molecule has 1 aromatic rings. The van der Waals surface area contributed by atoms with E-state index in [2.05, 4.69) is 4.98 Å². The zero-order valence-electron chi connectivity index (χ0n) is 7.40. The Hall–Kier alpha value is -1.57. The summed E-state index contributed by atoms with van der Waals surface area (Å²) in [5, 5.41) is 2.02. The van der Waals surface area contributed by atoms with Gasteiger partial charge in [-0.1, -0.05) is 0 Å². The lowest BCUT2D eigenvalue weighted by molar-refractivity contribution is 0.163. The van der Waals surface area contributed by atoms with E-state index in [1.165, 1.54) is 0 Å². The van der Waals surface area contributed by atoms with Gasteiger partial charge in [-0.05, 0) is 0 Å². The van der Waals surface area contributed by atoms with E-state index in [1.54, 1.807) is 0 Å². The number of hydrazine groups is 1. The number of halogens is 4. The van der Waals surface area contributed by atoms with Gasteiger partial charge < -0.3 is 10.7 Å². The van der Waals surface area contributed by atoms with Gasteiger partial charge in [-0.15, -0.1) is 0 Å². The maximum absolute atomic E-state index is 12.9. The average molecular weight is 224 g/mol. The highest BCUT2D eigenvalue weighted by Gasteiger charge is 2.12. The number of pyridine rings is 1. The van der Waals surface area contributed by atoms with E-state index in [9.17, 15) is 17.6 Å². The summed E-state index contributed by atoms with van der Waals surface area (Å²) in [7, 11) is 0. The lowest BCUT2D eigenvalue weighted by Crippen LogP contribution is -2.16. The fraction of sp³-hybridized carbons (Fsp3) is 0.286. The lowest BCUT2D eigenvalue weighted by atomic mass is 10.4. The molecule has 0 radical (unpaired) electrons. The number of rotatable bonds is 4. The minimum absolute atomic E-state index is 0.423. The van der Waals surface area contributed by atoms with Gasteiger partial charge in [-0.2, -0.15) is 0 Å². The van der Waals surface area contributed by atoms with Crippen molar-refractivity contribution in [2.24, 2.45) is 5.84 Å². The number of nitrogens with one attached hydrogen (secondary N) is 2. The predicted molar refractivity (Wildman–Crippen MR) is 46.5 cm³/mol. The van der Waals surface area contributed by atoms with Crippen LogP contribution in [-0.4, -0.2) is 18.0 Å². The fourth-order valence-electron chi connectivity index (χ4n) is 0.866. The van der Waals surface area contributed by atoms with Crippen molar-refractivity contribution in [3.05, 3.63) is 17.7 Å². The first-order valence-electron chi connectivity index (χ1n) is 3.89. The predicted octanol–water partition coefficient (Wildman–Crippen LogP) is 1.32. The summed E-state index contributed by atoms with van der Waals surface area (Å²) < 4.78 is 49.3. The molecule has 4 nitrogen and oxygen atoms in total. The third-order valence-corrected chi connectivity index (χ3v) is 1.49. The van der Waals surface area contributed by atoms with Crippen LogP contribution in [0.25, 0.3) is 0 Å². The van der Waals surface area contributed by atoms with Gasteiger partial charge in [0.25, 0.3) is 6.43 Å². The van der Waals surface area contributed by atoms with Gasteiger partial charge in [-0.3, -0.25) is 0 Å². The zero-order valence-corrected chi connectivity index (χ0v) is 7.40. The van der Waals surface area contributed by atoms with Crippen LogP contribution >= 0.6 is 0 Å². The van der Waals surface area contributed by atoms with Crippen LogP contribution in [0.4, 0.5) is 29.2 Å². The molecule has 1 rings (SSSR count). The van der Waals surface area contributed by atoms with E-state index < -0.39 is 36.2 Å². The molecule has 0 saturated carbocycles. The van der Waals surface area contributed by atoms with Crippen LogP contribution < -0.4 is 16.6 Å². The molecule has 0 saturated heterocycles. The van der Waals surface area contributed by atoms with E-state index in [4.69, 9.17) is 5.84 Å². The van der Waals surface area contributed by atoms with E-state index in [0.717, 1.165) is 0 Å². The Morgan fingerprint density at radius 3 is 2.40 bits per heavy atom. The number of nitrogens with zero attached hydrogens (tertiary/aromatic N) is 1. The highest BCUT2D eigenvalue weighted by atomic mass is 19.3. The van der Waals surface area contributed by atoms with Gasteiger partial charge in [0, 0.05) is 6.07 Å². The van der Waals surface area contributed by atoms with Crippen LogP contribution in [0.1, 0.15) is 0 Å². The third-order valence-electron chi connectivity index (χ3n) is 1.49. The summed E-state index contributed by atoms with van der Waals surface area (Å²) in [5.74, 6) is 1.90. The monoisotopic (exact) mass is 224 g/mol. The van der Waals surface area contributed by atoms with Crippen LogP contribution in [-0.2, 0) is 0 Å². The van der Waals surface area contributed by atoms with Gasteiger partial charge in [0.15, 0.2) is 23.3 Å². The molecule has 0 atom stereocenters. The Labute approximate surface area is 82.5 Å². The number of aromatic nitrogens is 1. The Morgan fingerprint density at radius 2 is 1.87 bits per heavy atom. The van der Waals surface area contributed by atoms with Crippen molar-refractivity contribution in [3.63, 3.8) is 0 Å². The van der Waals surface area contributed by atoms with Gasteiger partial charge in [0.2, 0.25) is 0 Å². The van der Waals surface area contributed by atoms with Gasteiger partial charge >= 0.3 is 0 Å². The van der Waals surface area contributed by atoms with Crippen molar-refractivity contribution in [2.75, 3.05) is 17.3 Å². The third kappa shape index (κ3) is 2.94. The number of anilines is 2. The van der Waals surface area contributed by atoms with E-state index >= 15 is 0 Å². The summed E-state index contributed by atoms with van der Waals surface area (Å²) in [6.07, 6.45) is -2.66. The van der Waals surface area contributed by atoms with Crippen LogP contribution in [0.5, 0.6) is 0 Å². The molecule has 0 spiro atoms. The van der Waals surface area contributed by atoms with Crippen molar-refractivity contribution >= 4 is 11.6 Å². The molecule has 4 N–H and O–H groups in total. The SMILES string of the molecule is NNc1nc(NCC(F)F)c(F)cc1F. The summed E-state index contributed by atoms with van der Waals surface area (Å²) in [6.45, 7) is -0.778. The minimum atomic E-state index is -2.66. The number of nitrogens with two attached hydrogens (primary N) is 1. The van der Waals surface area contributed by atoms with Crippen molar-refractivity contribution in [1.82, 2.24) is 4.98 Å². The largest absolute Gasteiger partial charge is 0.362 e. The second-order valence-electron chi connectivity index (χ2n) is 2.57. The van der Waals surface area contributed by atoms with Gasteiger partial charge in [-0.25, -0.2) is 28.4 Å². The van der Waals surface area contributed by atoms with Crippen molar-refractivity contribution in [1.29, 1.82) is 0 Å². The molecule has 0 aliphatic carbocycles. The molecule has 84 valence electrons. The van der Waals surface area contributed by atoms with Crippen LogP contribution in [0.2, 0.25) is 0 Å². The van der Waals surface area contributed by atoms with Crippen LogP contribution in [0.3, 0.4) is 0 Å². The molecule has 0 unspecified atom stereocenters. The molecular weight excluding hydrogens is 216 g/mol. The highest BCUT2D eigenvalue weighted by Crippen LogP contribution is 2.18. The van der Waals surface area contributed by atoms with Gasteiger partial charge in [0.1, 0.15) is 0 Å². The molecule has 0 amide bonds. The summed E-state index contributed by atoms with van der Waals surface area (Å²) in [5.41, 5.74) is 1.87. The first-order valence-corrected chi connectivity index (χ1v) is 3.89. The summed E-state index contributed by atoms with van der Waals surface area (Å²) in [6, 6.07) is 0.496. The van der Waals surface area contributed by atoms with Gasteiger partial charge in [0.05, 0.1) is 6.54 Å². The molecule has 0 aliphatic heterocycles. The molecular formula is C7H8F4N4. The summed E-state index contributed by atoms with van der Waals surface area (Å²) >= 11 is 0. The normalized spacial score (nSPS) is 10.5. The van der Waals surface area contributed by atoms with Crippen molar-refractivity contribution < 1.29 is 17.6 Å². The molecule has 1 aromatic heterocycles. The molecule has 0 aromatic carbocycles. The maximum Gasteiger partial charge on any atom is 0.255 e. The summed E-state index contributed by atoms with van der Waals surface area (Å²) in [4.78, 5) is 3.33. The minimum Gasteiger partial charge on any atom is -0.362 e. The van der Waals surface area contributed by atoms with Crippen molar-refractivity contribution in [3.8, 4) is 0 Å².